The molecule has 5 aromatic rings. The number of hydrogen-bond acceptors (Lipinski definition) is 2. The molecule has 0 unspecified atom stereocenters. The number of carbonyl (C=O) groups excluding carboxylic acids is 1. The predicted molar refractivity (Wildman–Crippen MR) is 184 cm³/mol. The Morgan fingerprint density at radius 3 is 2.02 bits per heavy atom. The fourth-order valence-corrected chi connectivity index (χ4v) is 8.85. The second-order valence-electron chi connectivity index (χ2n) is 11.1. The molecule has 0 spiro atoms. The van der Waals surface area contributed by atoms with E-state index in [9.17, 15) is 4.79 Å². The first-order valence-corrected chi connectivity index (χ1v) is 17.0. The van der Waals surface area contributed by atoms with E-state index < -0.39 is 7.92 Å². The summed E-state index contributed by atoms with van der Waals surface area (Å²) in [7, 11) is -0.742. The van der Waals surface area contributed by atoms with Gasteiger partial charge in [0, 0.05) is 31.0 Å². The first kappa shape index (κ1) is 29.8. The third kappa shape index (κ3) is 6.95. The van der Waals surface area contributed by atoms with Gasteiger partial charge in [-0.1, -0.05) is 132 Å². The topological polar surface area (TPSA) is 29.1 Å². The van der Waals surface area contributed by atoms with Crippen LogP contribution in [0.3, 0.4) is 0 Å². The van der Waals surface area contributed by atoms with Crippen molar-refractivity contribution in [2.45, 2.75) is 31.1 Å². The van der Waals surface area contributed by atoms with Crippen LogP contribution in [0.1, 0.15) is 58.1 Å². The summed E-state index contributed by atoms with van der Waals surface area (Å²) >= 11 is 12.5. The number of benzene rings is 5. The van der Waals surface area contributed by atoms with E-state index in [1.807, 2.05) is 24.3 Å². The smallest absolute Gasteiger partial charge is 0.164 e. The summed E-state index contributed by atoms with van der Waals surface area (Å²) in [6.45, 7) is 1.51. The molecule has 6 rings (SSSR count). The number of rotatable bonds is 10. The number of ketones is 1. The van der Waals surface area contributed by atoms with Gasteiger partial charge in [-0.05, 0) is 77.5 Å². The van der Waals surface area contributed by atoms with Crippen LogP contribution in [-0.2, 0) is 0 Å². The highest BCUT2D eigenvalue weighted by molar-refractivity contribution is 7.79. The second-order valence-corrected chi connectivity index (χ2v) is 14.1. The molecule has 0 heterocycles. The standard InChI is InChI=1S/C38H34Cl2NOP/c39-36-21-19-27(25-37(36)40)34-20-18-29(33-16-7-8-17-35(33)34)26-41-23-22-38(42)28-10-9-15-32(24-28)43(30-11-3-1-4-12-30)31-13-5-2-6-14-31/h1-17,19,21,24-25,29,34,41H,18,20,22-23,26H2/t29-,34+/m1/s1. The molecule has 1 aliphatic carbocycles. The monoisotopic (exact) mass is 621 g/mol. The minimum atomic E-state index is -0.742. The molecule has 0 saturated heterocycles. The molecule has 0 radical (unpaired) electrons. The number of fused-ring (bicyclic) bond motifs is 1. The van der Waals surface area contributed by atoms with Gasteiger partial charge in [-0.3, -0.25) is 4.79 Å². The van der Waals surface area contributed by atoms with E-state index in [4.69, 9.17) is 23.2 Å². The van der Waals surface area contributed by atoms with Crippen LogP contribution in [0.25, 0.3) is 0 Å². The number of Topliss-reactive ketones (excluding diaryl/α,β-unsaturated/α-hetero) is 1. The van der Waals surface area contributed by atoms with E-state index in [0.717, 1.165) is 24.9 Å². The molecular formula is C38H34Cl2NOP. The second kappa shape index (κ2) is 14.0. The Balaban J connectivity index is 1.10. The summed E-state index contributed by atoms with van der Waals surface area (Å²) in [4.78, 5) is 13.3. The molecule has 5 aromatic carbocycles. The van der Waals surface area contributed by atoms with E-state index in [2.05, 4.69) is 108 Å². The Morgan fingerprint density at radius 2 is 1.33 bits per heavy atom. The zero-order chi connectivity index (χ0) is 29.6. The first-order chi connectivity index (χ1) is 21.1. The summed E-state index contributed by atoms with van der Waals surface area (Å²) in [5.41, 5.74) is 4.74. The maximum absolute atomic E-state index is 13.3. The molecule has 216 valence electrons. The van der Waals surface area contributed by atoms with Gasteiger partial charge >= 0.3 is 0 Å². The Hall–Kier alpha value is -3.26. The molecule has 5 heteroatoms. The zero-order valence-electron chi connectivity index (χ0n) is 23.9. The Morgan fingerprint density at radius 1 is 0.674 bits per heavy atom. The predicted octanol–water partition coefficient (Wildman–Crippen LogP) is 8.62. The molecule has 0 bridgehead atoms. The van der Waals surface area contributed by atoms with E-state index in [1.165, 1.54) is 32.6 Å². The lowest BCUT2D eigenvalue weighted by Crippen LogP contribution is -2.28. The van der Waals surface area contributed by atoms with Crippen LogP contribution in [0, 0.1) is 0 Å². The van der Waals surface area contributed by atoms with Gasteiger partial charge in [-0.15, -0.1) is 0 Å². The van der Waals surface area contributed by atoms with Crippen LogP contribution >= 0.6 is 31.1 Å². The Labute approximate surface area is 265 Å². The van der Waals surface area contributed by atoms with Gasteiger partial charge in [0.05, 0.1) is 10.0 Å². The minimum absolute atomic E-state index is 0.175. The summed E-state index contributed by atoms with van der Waals surface area (Å²) in [6.07, 6.45) is 2.60. The zero-order valence-corrected chi connectivity index (χ0v) is 26.3. The van der Waals surface area contributed by atoms with E-state index in [1.54, 1.807) is 0 Å². The molecule has 43 heavy (non-hydrogen) atoms. The van der Waals surface area contributed by atoms with Crippen LogP contribution in [0.15, 0.2) is 127 Å². The molecule has 2 nitrogen and oxygen atoms in total. The third-order valence-electron chi connectivity index (χ3n) is 8.34. The fourth-order valence-electron chi connectivity index (χ4n) is 6.21. The largest absolute Gasteiger partial charge is 0.316 e. The van der Waals surface area contributed by atoms with Crippen molar-refractivity contribution in [2.24, 2.45) is 0 Å². The van der Waals surface area contributed by atoms with Crippen molar-refractivity contribution in [3.05, 3.63) is 160 Å². The SMILES string of the molecule is O=C(CCNC[C@H]1CC[C@@H](c2ccc(Cl)c(Cl)c2)c2ccccc21)c1cccc(P(c2ccccc2)c2ccccc2)c1. The van der Waals surface area contributed by atoms with Gasteiger partial charge in [0.15, 0.2) is 5.78 Å². The highest BCUT2D eigenvalue weighted by Gasteiger charge is 2.28. The molecule has 1 N–H and O–H groups in total. The van der Waals surface area contributed by atoms with Gasteiger partial charge in [0.25, 0.3) is 0 Å². The van der Waals surface area contributed by atoms with E-state index in [0.29, 0.717) is 34.8 Å². The highest BCUT2D eigenvalue weighted by Crippen LogP contribution is 2.43. The van der Waals surface area contributed by atoms with Crippen molar-refractivity contribution < 1.29 is 4.79 Å². The van der Waals surface area contributed by atoms with Crippen molar-refractivity contribution in [1.29, 1.82) is 0 Å². The number of halogens is 2. The van der Waals surface area contributed by atoms with Gasteiger partial charge in [-0.2, -0.15) is 0 Å². The lowest BCUT2D eigenvalue weighted by atomic mass is 9.74. The average Bonchev–Trinajstić information content (AvgIpc) is 3.05. The number of carbonyl (C=O) groups is 1. The molecule has 0 aliphatic heterocycles. The van der Waals surface area contributed by atoms with Crippen LogP contribution < -0.4 is 21.2 Å². The molecule has 0 amide bonds. The number of hydrogen-bond donors (Lipinski definition) is 1. The summed E-state index contributed by atoms with van der Waals surface area (Å²) in [6, 6.07) is 44.2. The average molecular weight is 623 g/mol. The Bertz CT molecular complexity index is 1650. The quantitative estimate of drug-likeness (QED) is 0.0960. The Kier molecular flexibility index (Phi) is 9.71. The van der Waals surface area contributed by atoms with Crippen LogP contribution in [0.4, 0.5) is 0 Å². The lowest BCUT2D eigenvalue weighted by Gasteiger charge is -2.32. The maximum atomic E-state index is 13.3. The van der Waals surface area contributed by atoms with Crippen LogP contribution in [0.5, 0.6) is 0 Å². The lowest BCUT2D eigenvalue weighted by molar-refractivity contribution is 0.0982. The van der Waals surface area contributed by atoms with Gasteiger partial charge in [0.1, 0.15) is 0 Å². The highest BCUT2D eigenvalue weighted by atomic mass is 35.5. The molecule has 0 saturated carbocycles. The third-order valence-corrected chi connectivity index (χ3v) is 11.5. The van der Waals surface area contributed by atoms with E-state index >= 15 is 0 Å². The summed E-state index contributed by atoms with van der Waals surface area (Å²) in [5, 5.41) is 8.55. The van der Waals surface area contributed by atoms with Gasteiger partial charge in [-0.25, -0.2) is 0 Å². The van der Waals surface area contributed by atoms with Crippen molar-refractivity contribution >= 4 is 52.8 Å². The minimum Gasteiger partial charge on any atom is -0.316 e. The van der Waals surface area contributed by atoms with Crippen molar-refractivity contribution in [3.8, 4) is 0 Å². The number of nitrogens with one attached hydrogen (secondary N) is 1. The van der Waals surface area contributed by atoms with E-state index in [-0.39, 0.29) is 5.78 Å². The summed E-state index contributed by atoms with van der Waals surface area (Å²) < 4.78 is 0. The summed E-state index contributed by atoms with van der Waals surface area (Å²) in [5.74, 6) is 0.899. The van der Waals surface area contributed by atoms with Crippen molar-refractivity contribution in [3.63, 3.8) is 0 Å². The van der Waals surface area contributed by atoms with Crippen molar-refractivity contribution in [1.82, 2.24) is 5.32 Å². The molecular weight excluding hydrogens is 588 g/mol. The maximum Gasteiger partial charge on any atom is 0.164 e. The normalized spacial score (nSPS) is 16.2. The molecule has 0 fully saturated rings. The first-order valence-electron chi connectivity index (χ1n) is 14.9. The van der Waals surface area contributed by atoms with Gasteiger partial charge < -0.3 is 5.32 Å². The van der Waals surface area contributed by atoms with Crippen LogP contribution in [0.2, 0.25) is 10.0 Å². The van der Waals surface area contributed by atoms with Crippen LogP contribution in [-0.4, -0.2) is 18.9 Å². The molecule has 0 aromatic heterocycles. The van der Waals surface area contributed by atoms with Gasteiger partial charge in [0.2, 0.25) is 0 Å². The van der Waals surface area contributed by atoms with Crippen molar-refractivity contribution in [2.75, 3.05) is 13.1 Å². The molecule has 2 atom stereocenters. The molecule has 1 aliphatic rings. The fraction of sp³-hybridized carbons (Fsp3) is 0.184.